The van der Waals surface area contributed by atoms with Gasteiger partial charge >= 0.3 is 6.09 Å². The van der Waals surface area contributed by atoms with Gasteiger partial charge in [0.15, 0.2) is 11.5 Å². The van der Waals surface area contributed by atoms with Gasteiger partial charge in [0.25, 0.3) is 0 Å². The summed E-state index contributed by atoms with van der Waals surface area (Å²) in [7, 11) is 4.67. The summed E-state index contributed by atoms with van der Waals surface area (Å²) in [6.07, 6.45) is 1.11. The molecule has 1 amide bonds. The molecule has 1 heterocycles. The van der Waals surface area contributed by atoms with Crippen LogP contribution in [-0.4, -0.2) is 38.9 Å². The third-order valence-electron chi connectivity index (χ3n) is 4.78. The second-order valence-corrected chi connectivity index (χ2v) is 6.99. The molecule has 26 heavy (non-hydrogen) atoms. The minimum atomic E-state index is -0.317. The number of amides is 1. The van der Waals surface area contributed by atoms with Crippen molar-refractivity contribution in [3.05, 3.63) is 57.6 Å². The number of fused-ring (bicyclic) bond motifs is 1. The molecule has 138 valence electrons. The van der Waals surface area contributed by atoms with Crippen LogP contribution in [0.4, 0.5) is 4.79 Å². The lowest BCUT2D eigenvalue weighted by Crippen LogP contribution is -2.41. The average Bonchev–Trinajstić information content (AvgIpc) is 2.68. The molecule has 0 saturated heterocycles. The Morgan fingerprint density at radius 3 is 2.50 bits per heavy atom. The zero-order valence-corrected chi connectivity index (χ0v) is 16.7. The maximum absolute atomic E-state index is 12.4. The third-order valence-corrected chi connectivity index (χ3v) is 5.56. The van der Waals surface area contributed by atoms with Gasteiger partial charge in [0.1, 0.15) is 0 Å². The average molecular weight is 420 g/mol. The Bertz CT molecular complexity index is 808. The molecule has 1 atom stereocenters. The lowest BCUT2D eigenvalue weighted by Gasteiger charge is -2.37. The van der Waals surface area contributed by atoms with E-state index in [2.05, 4.69) is 22.0 Å². The Kier molecular flexibility index (Phi) is 5.71. The molecule has 0 fully saturated rings. The Morgan fingerprint density at radius 2 is 1.85 bits per heavy atom. The van der Waals surface area contributed by atoms with Gasteiger partial charge in [0, 0.05) is 11.0 Å². The molecule has 0 aromatic heterocycles. The number of hydrogen-bond donors (Lipinski definition) is 0. The van der Waals surface area contributed by atoms with Crippen LogP contribution < -0.4 is 9.47 Å². The standard InChI is InChI=1S/C20H22BrNO4/c1-24-18-11-13-8-9-22(20(23)26-3)17(15(13)12-19(18)25-2)10-14-6-4-5-7-16(14)21/h4-7,11-12,17H,8-10H2,1-3H3/t17-/m1/s1. The number of nitrogens with zero attached hydrogens (tertiary/aromatic N) is 1. The fourth-order valence-corrected chi connectivity index (χ4v) is 3.90. The Morgan fingerprint density at radius 1 is 1.15 bits per heavy atom. The minimum Gasteiger partial charge on any atom is -0.493 e. The zero-order chi connectivity index (χ0) is 18.7. The SMILES string of the molecule is COC(=O)N1CCc2cc(OC)c(OC)cc2[C@H]1Cc1ccccc1Br. The largest absolute Gasteiger partial charge is 0.493 e. The van der Waals surface area contributed by atoms with Gasteiger partial charge in [-0.2, -0.15) is 0 Å². The van der Waals surface area contributed by atoms with E-state index in [1.165, 1.54) is 12.7 Å². The van der Waals surface area contributed by atoms with E-state index in [9.17, 15) is 4.79 Å². The predicted octanol–water partition coefficient (Wildman–Crippen LogP) is 4.37. The third kappa shape index (κ3) is 3.51. The van der Waals surface area contributed by atoms with Crippen molar-refractivity contribution in [2.24, 2.45) is 0 Å². The highest BCUT2D eigenvalue weighted by Gasteiger charge is 2.33. The number of hydrogen-bond acceptors (Lipinski definition) is 4. The number of benzene rings is 2. The second kappa shape index (κ2) is 7.99. The van der Waals surface area contributed by atoms with Crippen LogP contribution in [-0.2, 0) is 17.6 Å². The van der Waals surface area contributed by atoms with Gasteiger partial charge in [-0.25, -0.2) is 4.79 Å². The van der Waals surface area contributed by atoms with Gasteiger partial charge in [0.2, 0.25) is 0 Å². The first-order valence-electron chi connectivity index (χ1n) is 8.41. The fraction of sp³-hybridized carbons (Fsp3) is 0.350. The second-order valence-electron chi connectivity index (χ2n) is 6.13. The van der Waals surface area contributed by atoms with Crippen LogP contribution in [0.15, 0.2) is 40.9 Å². The number of ether oxygens (including phenoxy) is 3. The summed E-state index contributed by atoms with van der Waals surface area (Å²) >= 11 is 3.61. The molecule has 3 rings (SSSR count). The van der Waals surface area contributed by atoms with E-state index in [1.54, 1.807) is 19.1 Å². The summed E-state index contributed by atoms with van der Waals surface area (Å²) in [6.45, 7) is 0.601. The monoisotopic (exact) mass is 419 g/mol. The molecule has 0 unspecified atom stereocenters. The summed E-state index contributed by atoms with van der Waals surface area (Å²) in [6, 6.07) is 11.9. The smallest absolute Gasteiger partial charge is 0.410 e. The normalized spacial score (nSPS) is 16.0. The topological polar surface area (TPSA) is 48.0 Å². The van der Waals surface area contributed by atoms with Crippen molar-refractivity contribution < 1.29 is 19.0 Å². The van der Waals surface area contributed by atoms with Crippen LogP contribution in [0.25, 0.3) is 0 Å². The first-order valence-corrected chi connectivity index (χ1v) is 9.21. The van der Waals surface area contributed by atoms with Gasteiger partial charge in [-0.05, 0) is 47.7 Å². The Labute approximate surface area is 162 Å². The van der Waals surface area contributed by atoms with Crippen LogP contribution in [0.1, 0.15) is 22.7 Å². The highest BCUT2D eigenvalue weighted by Crippen LogP contribution is 2.40. The fourth-order valence-electron chi connectivity index (χ4n) is 3.46. The number of methoxy groups -OCH3 is 3. The van der Waals surface area contributed by atoms with Crippen molar-refractivity contribution in [3.63, 3.8) is 0 Å². The van der Waals surface area contributed by atoms with Crippen molar-refractivity contribution >= 4 is 22.0 Å². The quantitative estimate of drug-likeness (QED) is 0.737. The van der Waals surface area contributed by atoms with E-state index in [4.69, 9.17) is 14.2 Å². The summed E-state index contributed by atoms with van der Waals surface area (Å²) in [4.78, 5) is 14.2. The van der Waals surface area contributed by atoms with E-state index in [0.717, 1.165) is 22.0 Å². The highest BCUT2D eigenvalue weighted by atomic mass is 79.9. The maximum atomic E-state index is 12.4. The molecular formula is C20H22BrNO4. The van der Waals surface area contributed by atoms with Gasteiger partial charge in [0.05, 0.1) is 27.4 Å². The van der Waals surface area contributed by atoms with Crippen molar-refractivity contribution in [2.75, 3.05) is 27.9 Å². The van der Waals surface area contributed by atoms with Crippen LogP contribution in [0, 0.1) is 0 Å². The molecular weight excluding hydrogens is 398 g/mol. The summed E-state index contributed by atoms with van der Waals surface area (Å²) in [5, 5.41) is 0. The number of carbonyl (C=O) groups excluding carboxylic acids is 1. The van der Waals surface area contributed by atoms with Crippen LogP contribution in [0.5, 0.6) is 11.5 Å². The molecule has 0 N–H and O–H groups in total. The van der Waals surface area contributed by atoms with Gasteiger partial charge in [-0.15, -0.1) is 0 Å². The zero-order valence-electron chi connectivity index (χ0n) is 15.1. The molecule has 0 spiro atoms. The van der Waals surface area contributed by atoms with Gasteiger partial charge in [-0.1, -0.05) is 34.1 Å². The first-order chi connectivity index (χ1) is 12.6. The molecule has 2 aromatic carbocycles. The van der Waals surface area contributed by atoms with Gasteiger partial charge in [-0.3, -0.25) is 0 Å². The molecule has 0 saturated carbocycles. The number of rotatable bonds is 4. The molecule has 1 aliphatic rings. The Hall–Kier alpha value is -2.21. The molecule has 2 aromatic rings. The van der Waals surface area contributed by atoms with E-state index >= 15 is 0 Å². The summed E-state index contributed by atoms with van der Waals surface area (Å²) < 4.78 is 17.0. The van der Waals surface area contributed by atoms with E-state index < -0.39 is 0 Å². The molecule has 0 aliphatic carbocycles. The minimum absolute atomic E-state index is 0.135. The van der Waals surface area contributed by atoms with E-state index in [-0.39, 0.29) is 12.1 Å². The van der Waals surface area contributed by atoms with Crippen molar-refractivity contribution in [1.29, 1.82) is 0 Å². The Balaban J connectivity index is 2.07. The highest BCUT2D eigenvalue weighted by molar-refractivity contribution is 9.10. The molecule has 6 heteroatoms. The predicted molar refractivity (Wildman–Crippen MR) is 103 cm³/mol. The summed E-state index contributed by atoms with van der Waals surface area (Å²) in [5.41, 5.74) is 3.36. The lowest BCUT2D eigenvalue weighted by atomic mass is 9.88. The van der Waals surface area contributed by atoms with E-state index in [1.807, 2.05) is 30.3 Å². The van der Waals surface area contributed by atoms with Gasteiger partial charge < -0.3 is 19.1 Å². The van der Waals surface area contributed by atoms with Crippen molar-refractivity contribution in [3.8, 4) is 11.5 Å². The van der Waals surface area contributed by atoms with Crippen molar-refractivity contribution in [2.45, 2.75) is 18.9 Å². The number of halogens is 1. The van der Waals surface area contributed by atoms with Crippen LogP contribution >= 0.6 is 15.9 Å². The van der Waals surface area contributed by atoms with Crippen molar-refractivity contribution in [1.82, 2.24) is 4.90 Å². The maximum Gasteiger partial charge on any atom is 0.410 e. The lowest BCUT2D eigenvalue weighted by molar-refractivity contribution is 0.100. The van der Waals surface area contributed by atoms with Crippen LogP contribution in [0.3, 0.4) is 0 Å². The molecule has 1 aliphatic heterocycles. The summed E-state index contributed by atoms with van der Waals surface area (Å²) in [5.74, 6) is 1.37. The molecule has 5 nitrogen and oxygen atoms in total. The molecule has 0 radical (unpaired) electrons. The molecule has 0 bridgehead atoms. The first kappa shape index (κ1) is 18.6. The number of carbonyl (C=O) groups is 1. The van der Waals surface area contributed by atoms with E-state index in [0.29, 0.717) is 24.5 Å². The van der Waals surface area contributed by atoms with Crippen LogP contribution in [0.2, 0.25) is 0 Å².